The lowest BCUT2D eigenvalue weighted by Crippen LogP contribution is -2.62. The van der Waals surface area contributed by atoms with Gasteiger partial charge in [-0.15, -0.1) is 0 Å². The fraction of sp³-hybridized carbons (Fsp3) is 0.522. The molecule has 32 heavy (non-hydrogen) atoms. The number of hydrogen-bond donors (Lipinski definition) is 4. The molecule has 0 unspecified atom stereocenters. The normalized spacial score (nSPS) is 17.7. The molecule has 3 rings (SSSR count). The number of thioether (sulfide) groups is 1. The van der Waals surface area contributed by atoms with Gasteiger partial charge in [-0.1, -0.05) is 0 Å². The van der Waals surface area contributed by atoms with Crippen LogP contribution < -0.4 is 10.1 Å². The molecular formula is C23H33N5O3S. The number of oxazole rings is 1. The zero-order chi connectivity index (χ0) is 23.8. The summed E-state index contributed by atoms with van der Waals surface area (Å²) in [5, 5.41) is 31.9. The van der Waals surface area contributed by atoms with E-state index in [1.807, 2.05) is 11.9 Å². The number of amidine groups is 1. The molecule has 0 aliphatic carbocycles. The Morgan fingerprint density at radius 1 is 1.25 bits per heavy atom. The van der Waals surface area contributed by atoms with E-state index in [-0.39, 0.29) is 38.6 Å². The summed E-state index contributed by atoms with van der Waals surface area (Å²) in [6.45, 7) is 10.5. The Morgan fingerprint density at radius 3 is 2.41 bits per heavy atom. The van der Waals surface area contributed by atoms with Crippen LogP contribution in [-0.2, 0) is 0 Å². The van der Waals surface area contributed by atoms with Crippen molar-refractivity contribution in [3.05, 3.63) is 29.7 Å². The van der Waals surface area contributed by atoms with E-state index in [4.69, 9.17) is 20.0 Å². The molecule has 0 bridgehead atoms. The molecule has 0 spiro atoms. The van der Waals surface area contributed by atoms with Crippen molar-refractivity contribution in [2.75, 3.05) is 14.2 Å². The van der Waals surface area contributed by atoms with Gasteiger partial charge in [-0.3, -0.25) is 10.8 Å². The summed E-state index contributed by atoms with van der Waals surface area (Å²) in [6.07, 6.45) is 3.38. The maximum absolute atomic E-state index is 10.7. The van der Waals surface area contributed by atoms with Gasteiger partial charge in [0.1, 0.15) is 22.3 Å². The molecule has 1 saturated heterocycles. The Kier molecular flexibility index (Phi) is 6.62. The molecule has 8 nitrogen and oxygen atoms in total. The molecule has 2 heterocycles. The Labute approximate surface area is 193 Å². The lowest BCUT2D eigenvalue weighted by Gasteiger charge is -2.49. The molecule has 9 heteroatoms. The van der Waals surface area contributed by atoms with Crippen molar-refractivity contribution in [1.82, 2.24) is 15.2 Å². The van der Waals surface area contributed by atoms with E-state index in [1.54, 1.807) is 19.2 Å². The molecule has 0 amide bonds. The van der Waals surface area contributed by atoms with Crippen LogP contribution in [0.1, 0.15) is 51.9 Å². The fourth-order valence-electron chi connectivity index (χ4n) is 4.53. The second kappa shape index (κ2) is 8.78. The van der Waals surface area contributed by atoms with Gasteiger partial charge in [0.25, 0.3) is 0 Å². The monoisotopic (exact) mass is 459 g/mol. The minimum Gasteiger partial charge on any atom is -0.507 e. The topological polar surface area (TPSA) is 118 Å². The standard InChI is InChI=1S/C23H33N5O3S/c1-13-12-26-20(31-13)14-8-16(29)18(17(9-14)30-7)19(24)32-21(25)28(6)15-10-22(2,3)27-23(4,5)11-15/h8-9,12,15,24-25,27,29H,10-11H2,1-7H3. The van der Waals surface area contributed by atoms with Crippen LogP contribution >= 0.6 is 11.8 Å². The summed E-state index contributed by atoms with van der Waals surface area (Å²) in [7, 11) is 3.38. The third-order valence-electron chi connectivity index (χ3n) is 5.63. The molecule has 2 aromatic rings. The van der Waals surface area contributed by atoms with Crippen LogP contribution in [0.3, 0.4) is 0 Å². The average Bonchev–Trinajstić information content (AvgIpc) is 3.10. The van der Waals surface area contributed by atoms with Crippen LogP contribution in [0.15, 0.2) is 22.7 Å². The number of phenols is 1. The highest BCUT2D eigenvalue weighted by atomic mass is 32.2. The number of aromatic nitrogens is 1. The van der Waals surface area contributed by atoms with E-state index in [1.165, 1.54) is 13.2 Å². The fourth-order valence-corrected chi connectivity index (χ4v) is 5.32. The number of ether oxygens (including phenoxy) is 1. The Balaban J connectivity index is 1.79. The highest BCUT2D eigenvalue weighted by Gasteiger charge is 2.40. The van der Waals surface area contributed by atoms with Gasteiger partial charge in [0.2, 0.25) is 5.89 Å². The van der Waals surface area contributed by atoms with E-state index < -0.39 is 0 Å². The van der Waals surface area contributed by atoms with Crippen LogP contribution in [0.5, 0.6) is 11.5 Å². The lowest BCUT2D eigenvalue weighted by atomic mass is 9.79. The summed E-state index contributed by atoms with van der Waals surface area (Å²) in [5.74, 6) is 1.23. The predicted molar refractivity (Wildman–Crippen MR) is 129 cm³/mol. The third kappa shape index (κ3) is 5.27. The van der Waals surface area contributed by atoms with Crippen LogP contribution in [0, 0.1) is 17.7 Å². The second-order valence-electron chi connectivity index (χ2n) is 9.65. The first-order valence-electron chi connectivity index (χ1n) is 10.5. The molecule has 1 aromatic carbocycles. The first kappa shape index (κ1) is 24.1. The molecule has 174 valence electrons. The molecule has 1 aromatic heterocycles. The van der Waals surface area contributed by atoms with Gasteiger partial charge in [-0.25, -0.2) is 4.98 Å². The van der Waals surface area contributed by atoms with Crippen LogP contribution in [0.4, 0.5) is 0 Å². The molecule has 4 N–H and O–H groups in total. The lowest BCUT2D eigenvalue weighted by molar-refractivity contribution is 0.114. The van der Waals surface area contributed by atoms with Crippen molar-refractivity contribution in [2.24, 2.45) is 0 Å². The van der Waals surface area contributed by atoms with E-state index in [0.29, 0.717) is 23.0 Å². The van der Waals surface area contributed by atoms with Crippen molar-refractivity contribution in [2.45, 2.75) is 64.6 Å². The van der Waals surface area contributed by atoms with Crippen LogP contribution in [-0.4, -0.2) is 56.5 Å². The zero-order valence-corrected chi connectivity index (χ0v) is 20.6. The number of aryl methyl sites for hydroxylation is 1. The van der Waals surface area contributed by atoms with Crippen molar-refractivity contribution in [3.63, 3.8) is 0 Å². The Hall–Kier alpha value is -2.52. The highest BCUT2D eigenvalue weighted by Crippen LogP contribution is 2.38. The number of methoxy groups -OCH3 is 1. The minimum atomic E-state index is -0.118. The van der Waals surface area contributed by atoms with Gasteiger partial charge < -0.3 is 24.5 Å². The van der Waals surface area contributed by atoms with E-state index in [0.717, 1.165) is 24.6 Å². The summed E-state index contributed by atoms with van der Waals surface area (Å²) in [6, 6.07) is 3.35. The first-order valence-corrected chi connectivity index (χ1v) is 11.3. The largest absolute Gasteiger partial charge is 0.507 e. The number of benzene rings is 1. The van der Waals surface area contributed by atoms with Gasteiger partial charge >= 0.3 is 0 Å². The molecule has 0 atom stereocenters. The molecule has 1 aliphatic rings. The number of hydrogen-bond acceptors (Lipinski definition) is 8. The van der Waals surface area contributed by atoms with E-state index in [2.05, 4.69) is 38.0 Å². The SMILES string of the molecule is COc1cc(-c2ncc(C)o2)cc(O)c1C(=N)SC(=N)N(C)C1CC(C)(C)NC(C)(C)C1. The first-order chi connectivity index (χ1) is 14.8. The van der Waals surface area contributed by atoms with Crippen molar-refractivity contribution in [3.8, 4) is 23.0 Å². The van der Waals surface area contributed by atoms with E-state index in [9.17, 15) is 5.11 Å². The minimum absolute atomic E-state index is 0.0405. The number of nitrogens with one attached hydrogen (secondary N) is 3. The Morgan fingerprint density at radius 2 is 1.88 bits per heavy atom. The van der Waals surface area contributed by atoms with Gasteiger partial charge in [-0.2, -0.15) is 0 Å². The average molecular weight is 460 g/mol. The highest BCUT2D eigenvalue weighted by molar-refractivity contribution is 8.26. The summed E-state index contributed by atoms with van der Waals surface area (Å²) in [4.78, 5) is 6.11. The second-order valence-corrected chi connectivity index (χ2v) is 10.6. The Bertz CT molecular complexity index is 1010. The summed E-state index contributed by atoms with van der Waals surface area (Å²) in [5.41, 5.74) is 0.706. The molecule has 0 saturated carbocycles. The zero-order valence-electron chi connectivity index (χ0n) is 19.8. The summed E-state index contributed by atoms with van der Waals surface area (Å²) < 4.78 is 11.0. The van der Waals surface area contributed by atoms with Crippen molar-refractivity contribution >= 4 is 22.0 Å². The third-order valence-corrected chi connectivity index (χ3v) is 6.52. The molecule has 0 radical (unpaired) electrons. The van der Waals surface area contributed by atoms with Crippen molar-refractivity contribution in [1.29, 1.82) is 10.8 Å². The summed E-state index contributed by atoms with van der Waals surface area (Å²) >= 11 is 0.997. The van der Waals surface area contributed by atoms with Gasteiger partial charge in [0.15, 0.2) is 5.17 Å². The maximum atomic E-state index is 10.7. The number of rotatable bonds is 4. The molecular weight excluding hydrogens is 426 g/mol. The number of piperidine rings is 1. The van der Waals surface area contributed by atoms with E-state index >= 15 is 0 Å². The van der Waals surface area contributed by atoms with Gasteiger partial charge in [0.05, 0.1) is 18.9 Å². The van der Waals surface area contributed by atoms with Gasteiger partial charge in [-0.05, 0) is 71.4 Å². The maximum Gasteiger partial charge on any atom is 0.226 e. The van der Waals surface area contributed by atoms with Crippen molar-refractivity contribution < 1.29 is 14.3 Å². The van der Waals surface area contributed by atoms with Crippen LogP contribution in [0.25, 0.3) is 11.5 Å². The molecule has 1 aliphatic heterocycles. The number of nitrogens with zero attached hydrogens (tertiary/aromatic N) is 2. The van der Waals surface area contributed by atoms with Gasteiger partial charge in [0, 0.05) is 29.7 Å². The molecule has 1 fully saturated rings. The number of aromatic hydroxyl groups is 1. The number of phenolic OH excluding ortho intramolecular Hbond substituents is 1. The predicted octanol–water partition coefficient (Wildman–Crippen LogP) is 4.60. The quantitative estimate of drug-likeness (QED) is 0.390. The van der Waals surface area contributed by atoms with Crippen LogP contribution in [0.2, 0.25) is 0 Å². The smallest absolute Gasteiger partial charge is 0.226 e.